The van der Waals surface area contributed by atoms with E-state index in [1.54, 1.807) is 69.1 Å². The van der Waals surface area contributed by atoms with Crippen LogP contribution in [0.2, 0.25) is 0 Å². The molecule has 0 fully saturated rings. The Hall–Kier alpha value is -4.78. The highest BCUT2D eigenvalue weighted by atomic mass is 19.1. The second kappa shape index (κ2) is 12.2. The number of carbonyl (C=O) groups is 1. The molecule has 0 saturated carbocycles. The number of aromatic nitrogens is 2. The monoisotopic (exact) mass is 550 g/mol. The first kappa shape index (κ1) is 27.8. The Labute approximate surface area is 238 Å². The average Bonchev–Trinajstić information content (AvgIpc) is 2.98. The van der Waals surface area contributed by atoms with Gasteiger partial charge in [0.05, 0.1) is 25.4 Å². The average molecular weight is 551 g/mol. The smallest absolute Gasteiger partial charge is 0.166 e. The number of nitrogens with zero attached hydrogens (tertiary/aromatic N) is 2. The predicted octanol–water partition coefficient (Wildman–Crippen LogP) is 7.85. The number of aryl methyl sites for hydroxylation is 1. The normalized spacial score (nSPS) is 11.7. The number of pyridine rings is 2. The number of hydrogen-bond acceptors (Lipinski definition) is 6. The summed E-state index contributed by atoms with van der Waals surface area (Å²) in [7, 11) is 3.10. The molecule has 0 spiro atoms. The summed E-state index contributed by atoms with van der Waals surface area (Å²) >= 11 is 0. The van der Waals surface area contributed by atoms with Crippen LogP contribution in [0, 0.1) is 12.7 Å². The Bertz CT molecular complexity index is 1700. The summed E-state index contributed by atoms with van der Waals surface area (Å²) < 4.78 is 32.0. The van der Waals surface area contributed by atoms with Gasteiger partial charge in [0.1, 0.15) is 5.75 Å². The van der Waals surface area contributed by atoms with Gasteiger partial charge in [-0.2, -0.15) is 0 Å². The number of ether oxygens (including phenoxy) is 3. The topological polar surface area (TPSA) is 70.5 Å². The number of benzene rings is 3. The number of Topliss-reactive ketones (excluding diaryl/α,β-unsaturated/α-hetero) is 1. The molecule has 0 aliphatic rings. The first-order valence-corrected chi connectivity index (χ1v) is 13.4. The first-order valence-electron chi connectivity index (χ1n) is 13.4. The molecule has 0 radical (unpaired) electrons. The summed E-state index contributed by atoms with van der Waals surface area (Å²) in [6.45, 7) is 4.09. The molecule has 1 unspecified atom stereocenters. The summed E-state index contributed by atoms with van der Waals surface area (Å²) in [6, 6.07) is 21.7. The number of carbonyl (C=O) groups excluding carboxylic acids is 1. The van der Waals surface area contributed by atoms with Crippen LogP contribution in [0.25, 0.3) is 10.9 Å². The maximum absolute atomic E-state index is 15.3. The number of methoxy groups -OCH3 is 2. The fourth-order valence-electron chi connectivity index (χ4n) is 4.82. The van der Waals surface area contributed by atoms with Crippen LogP contribution < -0.4 is 14.2 Å². The Morgan fingerprint density at radius 1 is 0.854 bits per heavy atom. The molecule has 208 valence electrons. The molecule has 0 aliphatic carbocycles. The van der Waals surface area contributed by atoms with E-state index < -0.39 is 5.82 Å². The van der Waals surface area contributed by atoms with E-state index in [1.165, 1.54) is 11.6 Å². The molecule has 41 heavy (non-hydrogen) atoms. The van der Waals surface area contributed by atoms with Gasteiger partial charge in [0, 0.05) is 42.3 Å². The van der Waals surface area contributed by atoms with Gasteiger partial charge in [0.25, 0.3) is 0 Å². The third-order valence-electron chi connectivity index (χ3n) is 7.12. The molecule has 0 aliphatic heterocycles. The van der Waals surface area contributed by atoms with Crippen molar-refractivity contribution in [2.45, 2.75) is 32.6 Å². The summed E-state index contributed by atoms with van der Waals surface area (Å²) in [5.41, 5.74) is 4.77. The van der Waals surface area contributed by atoms with Gasteiger partial charge in [0.2, 0.25) is 0 Å². The van der Waals surface area contributed by atoms with Crippen LogP contribution in [0.1, 0.15) is 52.0 Å². The van der Waals surface area contributed by atoms with Crippen molar-refractivity contribution in [1.29, 1.82) is 0 Å². The van der Waals surface area contributed by atoms with Gasteiger partial charge >= 0.3 is 0 Å². The molecule has 6 nitrogen and oxygen atoms in total. The van der Waals surface area contributed by atoms with Crippen molar-refractivity contribution in [1.82, 2.24) is 9.97 Å². The van der Waals surface area contributed by atoms with Crippen LogP contribution >= 0.6 is 0 Å². The molecule has 0 amide bonds. The fraction of sp³-hybridized carbons (Fsp3) is 0.206. The van der Waals surface area contributed by atoms with Crippen LogP contribution in [0.5, 0.6) is 23.0 Å². The quantitative estimate of drug-likeness (QED) is 0.165. The first-order chi connectivity index (χ1) is 19.9. The van der Waals surface area contributed by atoms with Gasteiger partial charge in [-0.15, -0.1) is 0 Å². The molecule has 2 heterocycles. The maximum atomic E-state index is 15.3. The summed E-state index contributed by atoms with van der Waals surface area (Å²) in [5.74, 6) is 1.11. The lowest BCUT2D eigenvalue weighted by Crippen LogP contribution is -2.10. The summed E-state index contributed by atoms with van der Waals surface area (Å²) in [5, 5.41) is 0.658. The maximum Gasteiger partial charge on any atom is 0.166 e. The van der Waals surface area contributed by atoms with E-state index in [2.05, 4.69) is 34.2 Å². The van der Waals surface area contributed by atoms with E-state index in [0.717, 1.165) is 5.56 Å². The molecule has 5 aromatic rings. The Kier molecular flexibility index (Phi) is 8.24. The van der Waals surface area contributed by atoms with E-state index in [0.29, 0.717) is 57.8 Å². The molecule has 0 bridgehead atoms. The highest BCUT2D eigenvalue weighted by Crippen LogP contribution is 2.37. The molecule has 2 aromatic heterocycles. The van der Waals surface area contributed by atoms with Crippen LogP contribution in [-0.2, 0) is 6.42 Å². The van der Waals surface area contributed by atoms with Crippen LogP contribution in [-0.4, -0.2) is 30.0 Å². The highest BCUT2D eigenvalue weighted by Gasteiger charge is 2.18. The minimum absolute atomic E-state index is 0.0122. The van der Waals surface area contributed by atoms with E-state index in [1.807, 2.05) is 13.8 Å². The highest BCUT2D eigenvalue weighted by molar-refractivity contribution is 5.97. The van der Waals surface area contributed by atoms with Gasteiger partial charge in [-0.25, -0.2) is 4.39 Å². The van der Waals surface area contributed by atoms with E-state index in [-0.39, 0.29) is 17.5 Å². The second-order valence-corrected chi connectivity index (χ2v) is 10.0. The molecular weight excluding hydrogens is 519 g/mol. The predicted molar refractivity (Wildman–Crippen MR) is 157 cm³/mol. The van der Waals surface area contributed by atoms with Gasteiger partial charge < -0.3 is 14.2 Å². The van der Waals surface area contributed by atoms with Crippen LogP contribution in [0.4, 0.5) is 4.39 Å². The number of rotatable bonds is 10. The van der Waals surface area contributed by atoms with Crippen LogP contribution in [0.15, 0.2) is 85.2 Å². The summed E-state index contributed by atoms with van der Waals surface area (Å²) in [4.78, 5) is 22.1. The zero-order valence-corrected chi connectivity index (χ0v) is 23.5. The van der Waals surface area contributed by atoms with Gasteiger partial charge in [-0.05, 0) is 60.4 Å². The summed E-state index contributed by atoms with van der Waals surface area (Å²) in [6.07, 6.45) is 3.92. The number of ketones is 1. The molecule has 3 aromatic carbocycles. The number of fused-ring (bicyclic) bond motifs is 1. The molecule has 1 atom stereocenters. The number of halogens is 1. The zero-order valence-electron chi connectivity index (χ0n) is 23.5. The van der Waals surface area contributed by atoms with Gasteiger partial charge in [-0.1, -0.05) is 42.8 Å². The lowest BCUT2D eigenvalue weighted by molar-refractivity contribution is 0.0974. The molecule has 0 saturated heterocycles. The van der Waals surface area contributed by atoms with E-state index >= 15 is 4.39 Å². The molecule has 0 N–H and O–H groups in total. The third-order valence-corrected chi connectivity index (χ3v) is 7.12. The van der Waals surface area contributed by atoms with Gasteiger partial charge in [0.15, 0.2) is 28.8 Å². The zero-order chi connectivity index (χ0) is 28.9. The van der Waals surface area contributed by atoms with Crippen LogP contribution in [0.3, 0.4) is 0 Å². The molecule has 7 heteroatoms. The largest absolute Gasteiger partial charge is 0.493 e. The minimum atomic E-state index is -0.523. The van der Waals surface area contributed by atoms with Crippen molar-refractivity contribution in [2.75, 3.05) is 14.2 Å². The Balaban J connectivity index is 1.34. The van der Waals surface area contributed by atoms with Crippen molar-refractivity contribution < 1.29 is 23.4 Å². The Morgan fingerprint density at radius 3 is 2.34 bits per heavy atom. The lowest BCUT2D eigenvalue weighted by atomic mass is 9.91. The molecular formula is C34H31FN2O4. The third kappa shape index (κ3) is 6.19. The van der Waals surface area contributed by atoms with Crippen molar-refractivity contribution in [3.05, 3.63) is 119 Å². The van der Waals surface area contributed by atoms with E-state index in [9.17, 15) is 4.79 Å². The van der Waals surface area contributed by atoms with Crippen molar-refractivity contribution in [3.63, 3.8) is 0 Å². The SMILES string of the molecule is COc1cc2nccc(Oc3ccc(Cc4ncccc4C(=O)CC(C)c4ccc(C)cc4)cc3F)c2cc1OC. The van der Waals surface area contributed by atoms with Crippen molar-refractivity contribution >= 4 is 16.7 Å². The van der Waals surface area contributed by atoms with Crippen molar-refractivity contribution in [3.8, 4) is 23.0 Å². The fourth-order valence-corrected chi connectivity index (χ4v) is 4.82. The van der Waals surface area contributed by atoms with Crippen molar-refractivity contribution in [2.24, 2.45) is 0 Å². The molecule has 5 rings (SSSR count). The Morgan fingerprint density at radius 2 is 1.61 bits per heavy atom. The lowest BCUT2D eigenvalue weighted by Gasteiger charge is -2.14. The second-order valence-electron chi connectivity index (χ2n) is 10.0. The van der Waals surface area contributed by atoms with Gasteiger partial charge in [-0.3, -0.25) is 14.8 Å². The number of hydrogen-bond donors (Lipinski definition) is 0. The standard InChI is InChI=1S/C34H31FN2O4/c1-21-7-10-24(11-8-21)22(2)16-30(38)25-6-5-14-36-28(25)18-23-9-12-32(27(35)17-23)41-31-13-15-37-29-20-34(40-4)33(39-3)19-26(29)31/h5-15,17,19-20,22H,16,18H2,1-4H3. The minimum Gasteiger partial charge on any atom is -0.493 e. The van der Waals surface area contributed by atoms with E-state index in [4.69, 9.17) is 14.2 Å².